The Morgan fingerprint density at radius 3 is 2.67 bits per heavy atom. The molecule has 6 heteroatoms. The number of nitrogens with one attached hydrogen (secondary N) is 1. The Balaban J connectivity index is 1.86. The van der Waals surface area contributed by atoms with Gasteiger partial charge in [0.2, 0.25) is 0 Å². The van der Waals surface area contributed by atoms with Crippen LogP contribution in [0.3, 0.4) is 0 Å². The zero-order valence-corrected chi connectivity index (χ0v) is 14.9. The summed E-state index contributed by atoms with van der Waals surface area (Å²) in [7, 11) is 0. The van der Waals surface area contributed by atoms with Gasteiger partial charge in [0.1, 0.15) is 0 Å². The fraction of sp³-hybridized carbons (Fsp3) is 0.222. The van der Waals surface area contributed by atoms with Crippen LogP contribution in [0.4, 0.5) is 11.4 Å². The zero-order chi connectivity index (χ0) is 16.8. The molecule has 0 unspecified atom stereocenters. The summed E-state index contributed by atoms with van der Waals surface area (Å²) in [5.74, 6) is 0.254. The molecule has 1 N–H and O–H groups in total. The highest BCUT2D eigenvalue weighted by Crippen LogP contribution is 2.54. The molecule has 24 heavy (non-hydrogen) atoms. The molecule has 0 spiro atoms. The van der Waals surface area contributed by atoms with Crippen LogP contribution < -0.4 is 5.32 Å². The number of nitro benzene ring substituents is 1. The van der Waals surface area contributed by atoms with Crippen molar-refractivity contribution in [2.24, 2.45) is 5.92 Å². The maximum Gasteiger partial charge on any atom is 0.275 e. The first kappa shape index (κ1) is 15.7. The lowest BCUT2D eigenvalue weighted by Crippen LogP contribution is -2.29. The van der Waals surface area contributed by atoms with Crippen molar-refractivity contribution in [1.29, 1.82) is 0 Å². The molecule has 3 atom stereocenters. The average molecular weight is 406 g/mol. The van der Waals surface area contributed by atoms with Crippen molar-refractivity contribution in [3.8, 4) is 0 Å². The van der Waals surface area contributed by atoms with Gasteiger partial charge in [-0.15, -0.1) is 0 Å². The molecule has 0 saturated carbocycles. The monoisotopic (exact) mass is 404 g/mol. The molecule has 2 aromatic rings. The van der Waals surface area contributed by atoms with Gasteiger partial charge in [-0.25, -0.2) is 0 Å². The number of fused-ring (bicyclic) bond motifs is 3. The highest BCUT2D eigenvalue weighted by atomic mass is 79.9. The summed E-state index contributed by atoms with van der Waals surface area (Å²) in [6.45, 7) is 0. The number of nitrogens with zero attached hydrogens (tertiary/aromatic N) is 1. The van der Waals surface area contributed by atoms with Gasteiger partial charge < -0.3 is 5.32 Å². The Morgan fingerprint density at radius 1 is 1.21 bits per heavy atom. The van der Waals surface area contributed by atoms with E-state index in [-0.39, 0.29) is 28.5 Å². The molecule has 0 saturated heterocycles. The number of benzene rings is 2. The first-order valence-electron chi connectivity index (χ1n) is 7.71. The van der Waals surface area contributed by atoms with Crippen LogP contribution in [0.25, 0.3) is 0 Å². The first-order chi connectivity index (χ1) is 11.6. The second-order valence-corrected chi connectivity index (χ2v) is 7.46. The fourth-order valence-corrected chi connectivity index (χ4v) is 4.30. The average Bonchev–Trinajstić information content (AvgIpc) is 3.05. The van der Waals surface area contributed by atoms with E-state index in [9.17, 15) is 10.1 Å². The van der Waals surface area contributed by atoms with Crippen molar-refractivity contribution < 1.29 is 4.92 Å². The normalized spacial score (nSPS) is 24.2. The summed E-state index contributed by atoms with van der Waals surface area (Å²) in [6.07, 6.45) is 5.09. The minimum absolute atomic E-state index is 0.00833. The van der Waals surface area contributed by atoms with Crippen LogP contribution >= 0.6 is 27.5 Å². The Morgan fingerprint density at radius 2 is 1.96 bits per heavy atom. The van der Waals surface area contributed by atoms with Gasteiger partial charge in [0.25, 0.3) is 5.69 Å². The lowest BCUT2D eigenvalue weighted by molar-refractivity contribution is -0.385. The van der Waals surface area contributed by atoms with E-state index in [1.165, 1.54) is 6.07 Å². The summed E-state index contributed by atoms with van der Waals surface area (Å²) < 4.78 is 1.03. The topological polar surface area (TPSA) is 55.2 Å². The Kier molecular flexibility index (Phi) is 3.85. The summed E-state index contributed by atoms with van der Waals surface area (Å²) in [5.41, 5.74) is 2.69. The maximum atomic E-state index is 11.5. The van der Waals surface area contributed by atoms with Crippen molar-refractivity contribution in [3.05, 3.63) is 79.3 Å². The van der Waals surface area contributed by atoms with E-state index >= 15 is 0 Å². The Labute approximate surface area is 152 Å². The Bertz CT molecular complexity index is 851. The van der Waals surface area contributed by atoms with Crippen LogP contribution in [0.5, 0.6) is 0 Å². The molecule has 0 amide bonds. The SMILES string of the molecule is O=[N+]([O-])c1ccc(Cl)c2c1[C@@H]1C=CC[C@@H]1[C@@H](c1ccc(Br)cc1)N2. The molecule has 0 bridgehead atoms. The largest absolute Gasteiger partial charge is 0.376 e. The minimum Gasteiger partial charge on any atom is -0.376 e. The zero-order valence-electron chi connectivity index (χ0n) is 12.6. The predicted molar refractivity (Wildman–Crippen MR) is 98.6 cm³/mol. The van der Waals surface area contributed by atoms with Crippen LogP contribution in [0.2, 0.25) is 5.02 Å². The number of nitro groups is 1. The molecule has 0 aromatic heterocycles. The number of halogens is 2. The van der Waals surface area contributed by atoms with Crippen molar-refractivity contribution in [1.82, 2.24) is 0 Å². The van der Waals surface area contributed by atoms with Crippen molar-refractivity contribution in [2.45, 2.75) is 18.4 Å². The summed E-state index contributed by atoms with van der Waals surface area (Å²) >= 11 is 9.83. The molecule has 0 radical (unpaired) electrons. The molecule has 0 fully saturated rings. The third-order valence-corrected chi connectivity index (χ3v) is 5.72. The molecule has 1 aliphatic heterocycles. The van der Waals surface area contributed by atoms with Gasteiger partial charge in [-0.1, -0.05) is 51.8 Å². The van der Waals surface area contributed by atoms with Gasteiger partial charge in [0.15, 0.2) is 0 Å². The van der Waals surface area contributed by atoms with Crippen LogP contribution in [0.1, 0.15) is 29.5 Å². The number of rotatable bonds is 2. The van der Waals surface area contributed by atoms with Gasteiger partial charge >= 0.3 is 0 Å². The van der Waals surface area contributed by atoms with Gasteiger partial charge in [0.05, 0.1) is 27.2 Å². The van der Waals surface area contributed by atoms with Crippen molar-refractivity contribution >= 4 is 38.9 Å². The number of hydrogen-bond acceptors (Lipinski definition) is 3. The van der Waals surface area contributed by atoms with E-state index in [0.29, 0.717) is 16.3 Å². The van der Waals surface area contributed by atoms with Gasteiger partial charge in [0, 0.05) is 16.5 Å². The van der Waals surface area contributed by atoms with E-state index in [1.54, 1.807) is 6.07 Å². The Hall–Kier alpha value is -1.85. The van der Waals surface area contributed by atoms with Crippen molar-refractivity contribution in [3.63, 3.8) is 0 Å². The number of allylic oxidation sites excluding steroid dienone is 2. The molecule has 1 heterocycles. The van der Waals surface area contributed by atoms with Crippen LogP contribution in [-0.2, 0) is 0 Å². The van der Waals surface area contributed by atoms with Crippen LogP contribution in [0.15, 0.2) is 53.0 Å². The highest BCUT2D eigenvalue weighted by molar-refractivity contribution is 9.10. The van der Waals surface area contributed by atoms with Crippen LogP contribution in [0, 0.1) is 16.0 Å². The minimum atomic E-state index is -0.319. The molecule has 4 nitrogen and oxygen atoms in total. The highest BCUT2D eigenvalue weighted by Gasteiger charge is 2.42. The van der Waals surface area contributed by atoms with Gasteiger partial charge in [-0.05, 0) is 36.1 Å². The molecule has 2 aliphatic rings. The predicted octanol–water partition coefficient (Wildman–Crippen LogP) is 5.84. The molecule has 1 aliphatic carbocycles. The molecular weight excluding hydrogens is 392 g/mol. The summed E-state index contributed by atoms with van der Waals surface area (Å²) in [4.78, 5) is 11.1. The maximum absolute atomic E-state index is 11.5. The van der Waals surface area contributed by atoms with E-state index in [1.807, 2.05) is 12.1 Å². The number of anilines is 1. The van der Waals surface area contributed by atoms with E-state index in [2.05, 4.69) is 45.5 Å². The lowest BCUT2D eigenvalue weighted by atomic mass is 9.76. The first-order valence-corrected chi connectivity index (χ1v) is 8.89. The van der Waals surface area contributed by atoms with Crippen LogP contribution in [-0.4, -0.2) is 4.92 Å². The molecule has 2 aromatic carbocycles. The number of hydrogen-bond donors (Lipinski definition) is 1. The lowest BCUT2D eigenvalue weighted by Gasteiger charge is -2.37. The molecule has 4 rings (SSSR count). The fourth-order valence-electron chi connectivity index (χ4n) is 3.81. The quantitative estimate of drug-likeness (QED) is 0.388. The second-order valence-electron chi connectivity index (χ2n) is 6.14. The van der Waals surface area contributed by atoms with E-state index in [0.717, 1.165) is 16.5 Å². The third-order valence-electron chi connectivity index (χ3n) is 4.87. The standard InChI is InChI=1S/C18H14BrClN2O2/c19-11-6-4-10(5-7-11)17-13-3-1-2-12(13)16-15(22(23)24)9-8-14(20)18(16)21-17/h1-2,4-9,12-13,17,21H,3H2/t12-,13+,17-/m1/s1. The third kappa shape index (κ3) is 2.43. The van der Waals surface area contributed by atoms with E-state index in [4.69, 9.17) is 11.6 Å². The van der Waals surface area contributed by atoms with E-state index < -0.39 is 0 Å². The molecule has 122 valence electrons. The second kappa shape index (κ2) is 5.90. The summed E-state index contributed by atoms with van der Waals surface area (Å²) in [6, 6.07) is 11.4. The smallest absolute Gasteiger partial charge is 0.275 e. The van der Waals surface area contributed by atoms with Gasteiger partial charge in [-0.2, -0.15) is 0 Å². The van der Waals surface area contributed by atoms with Crippen molar-refractivity contribution in [2.75, 3.05) is 5.32 Å². The summed E-state index contributed by atoms with van der Waals surface area (Å²) in [5, 5.41) is 15.5. The molecular formula is C18H14BrClN2O2. The van der Waals surface area contributed by atoms with Gasteiger partial charge in [-0.3, -0.25) is 10.1 Å².